The Morgan fingerprint density at radius 2 is 1.91 bits per heavy atom. The summed E-state index contributed by atoms with van der Waals surface area (Å²) in [4.78, 5) is 37.6. The van der Waals surface area contributed by atoms with Gasteiger partial charge >= 0.3 is 5.97 Å². The fourth-order valence-corrected chi connectivity index (χ4v) is 4.78. The number of methoxy groups -OCH3 is 1. The van der Waals surface area contributed by atoms with E-state index in [4.69, 9.17) is 4.74 Å². The third-order valence-corrected chi connectivity index (χ3v) is 6.71. The number of benzene rings is 2. The zero-order valence-corrected chi connectivity index (χ0v) is 20.7. The number of allylic oxidation sites excluding steroid dienone is 1. The van der Waals surface area contributed by atoms with Crippen LogP contribution in [0.15, 0.2) is 68.1 Å². The fraction of sp³-hybridized carbons (Fsp3) is 0.182. The van der Waals surface area contributed by atoms with Crippen molar-refractivity contribution in [1.82, 2.24) is 5.32 Å². The Kier molecular flexibility index (Phi) is 8.12. The lowest BCUT2D eigenvalue weighted by Gasteiger charge is -2.31. The van der Waals surface area contributed by atoms with Gasteiger partial charge in [0, 0.05) is 20.6 Å². The second-order valence-electron chi connectivity index (χ2n) is 6.72. The van der Waals surface area contributed by atoms with E-state index in [1.165, 1.54) is 7.11 Å². The molecule has 1 aliphatic heterocycles. The first kappa shape index (κ1) is 24.0. The van der Waals surface area contributed by atoms with Crippen molar-refractivity contribution in [1.29, 1.82) is 5.26 Å². The first-order chi connectivity index (χ1) is 15.3. The zero-order chi connectivity index (χ0) is 23.3. The van der Waals surface area contributed by atoms with Gasteiger partial charge in [-0.1, -0.05) is 55.8 Å². The lowest BCUT2D eigenvalue weighted by Crippen LogP contribution is -2.44. The molecule has 2 aromatic carbocycles. The largest absolute Gasteiger partial charge is 0.468 e. The quantitative estimate of drug-likeness (QED) is 0.390. The maximum atomic E-state index is 12.8. The molecule has 32 heavy (non-hydrogen) atoms. The summed E-state index contributed by atoms with van der Waals surface area (Å²) in [6.07, 6.45) is 0. The number of amides is 2. The van der Waals surface area contributed by atoms with Crippen molar-refractivity contribution in [2.45, 2.75) is 5.92 Å². The summed E-state index contributed by atoms with van der Waals surface area (Å²) in [7, 11) is 1.19. The third kappa shape index (κ3) is 5.59. The van der Waals surface area contributed by atoms with Crippen LogP contribution >= 0.6 is 43.6 Å². The van der Waals surface area contributed by atoms with Gasteiger partial charge in [-0.15, -0.1) is 0 Å². The van der Waals surface area contributed by atoms with Crippen molar-refractivity contribution < 1.29 is 19.1 Å². The summed E-state index contributed by atoms with van der Waals surface area (Å²) < 4.78 is 6.45. The number of nitriles is 1. The molecule has 2 N–H and O–H groups in total. The summed E-state index contributed by atoms with van der Waals surface area (Å²) in [6, 6.07) is 16.3. The molecule has 2 atom stereocenters. The van der Waals surface area contributed by atoms with E-state index in [0.29, 0.717) is 11.3 Å². The Labute approximate surface area is 205 Å². The highest BCUT2D eigenvalue weighted by Gasteiger charge is 2.44. The number of carbonyl (C=O) groups excluding carboxylic acids is 3. The Morgan fingerprint density at radius 3 is 2.53 bits per heavy atom. The number of rotatable bonds is 6. The number of hydrogen-bond donors (Lipinski definition) is 2. The summed E-state index contributed by atoms with van der Waals surface area (Å²) >= 11 is 7.75. The van der Waals surface area contributed by atoms with Crippen molar-refractivity contribution in [2.24, 2.45) is 5.92 Å². The normalized spacial score (nSPS) is 17.9. The number of nitrogens with one attached hydrogen (secondary N) is 2. The van der Waals surface area contributed by atoms with Gasteiger partial charge < -0.3 is 15.4 Å². The van der Waals surface area contributed by atoms with Crippen LogP contribution in [0.5, 0.6) is 0 Å². The summed E-state index contributed by atoms with van der Waals surface area (Å²) in [6.45, 7) is 0. The van der Waals surface area contributed by atoms with E-state index in [0.717, 1.165) is 20.7 Å². The van der Waals surface area contributed by atoms with Crippen molar-refractivity contribution in [2.75, 3.05) is 18.2 Å². The van der Waals surface area contributed by atoms with Crippen LogP contribution in [0.25, 0.3) is 0 Å². The number of carbonyl (C=O) groups is 3. The van der Waals surface area contributed by atoms with Crippen LogP contribution in [0.4, 0.5) is 5.69 Å². The molecule has 0 radical (unpaired) electrons. The van der Waals surface area contributed by atoms with Crippen molar-refractivity contribution in [3.05, 3.63) is 73.6 Å². The predicted octanol–water partition coefficient (Wildman–Crippen LogP) is 4.32. The van der Waals surface area contributed by atoms with Crippen molar-refractivity contribution in [3.63, 3.8) is 0 Å². The number of halogens is 2. The topological polar surface area (TPSA) is 108 Å². The SMILES string of the molecule is COC(=O)[C@H]1C(=O)NC(SCC(=O)Nc2ccc(Br)cc2)=C(C#N)[C@H]1c1cccc(Br)c1. The van der Waals surface area contributed by atoms with Gasteiger partial charge in [-0.05, 0) is 42.0 Å². The summed E-state index contributed by atoms with van der Waals surface area (Å²) in [5.74, 6) is -3.72. The molecule has 2 aromatic rings. The molecule has 0 saturated carbocycles. The lowest BCUT2D eigenvalue weighted by molar-refractivity contribution is -0.150. The Balaban J connectivity index is 1.88. The molecular weight excluding hydrogens is 562 g/mol. The van der Waals surface area contributed by atoms with E-state index in [1.54, 1.807) is 48.5 Å². The smallest absolute Gasteiger partial charge is 0.319 e. The van der Waals surface area contributed by atoms with Crippen LogP contribution in [0.3, 0.4) is 0 Å². The molecule has 0 unspecified atom stereocenters. The minimum atomic E-state index is -1.22. The van der Waals surface area contributed by atoms with E-state index >= 15 is 0 Å². The highest BCUT2D eigenvalue weighted by molar-refractivity contribution is 9.10. The predicted molar refractivity (Wildman–Crippen MR) is 128 cm³/mol. The third-order valence-electron chi connectivity index (χ3n) is 4.67. The van der Waals surface area contributed by atoms with Crippen LogP contribution in [0.1, 0.15) is 11.5 Å². The van der Waals surface area contributed by atoms with Gasteiger partial charge in [-0.2, -0.15) is 5.26 Å². The molecule has 3 rings (SSSR count). The molecule has 0 fully saturated rings. The van der Waals surface area contributed by atoms with Gasteiger partial charge in [-0.3, -0.25) is 14.4 Å². The second-order valence-corrected chi connectivity index (χ2v) is 9.54. The molecule has 10 heteroatoms. The highest BCUT2D eigenvalue weighted by atomic mass is 79.9. The summed E-state index contributed by atoms with van der Waals surface area (Å²) in [5, 5.41) is 15.5. The number of esters is 1. The van der Waals surface area contributed by atoms with Crippen LogP contribution in [0.2, 0.25) is 0 Å². The van der Waals surface area contributed by atoms with Crippen LogP contribution in [-0.2, 0) is 19.1 Å². The monoisotopic (exact) mass is 577 g/mol. The maximum absolute atomic E-state index is 12.8. The van der Waals surface area contributed by atoms with E-state index < -0.39 is 23.7 Å². The van der Waals surface area contributed by atoms with Gasteiger partial charge in [0.25, 0.3) is 0 Å². The Bertz CT molecular complexity index is 1130. The van der Waals surface area contributed by atoms with Crippen molar-refractivity contribution >= 4 is 67.1 Å². The van der Waals surface area contributed by atoms with Gasteiger partial charge in [0.2, 0.25) is 11.8 Å². The number of thioether (sulfide) groups is 1. The van der Waals surface area contributed by atoms with Crippen LogP contribution in [0, 0.1) is 17.2 Å². The van der Waals surface area contributed by atoms with E-state index in [-0.39, 0.29) is 22.3 Å². The minimum Gasteiger partial charge on any atom is -0.468 e. The molecule has 0 bridgehead atoms. The zero-order valence-electron chi connectivity index (χ0n) is 16.7. The van der Waals surface area contributed by atoms with E-state index in [1.807, 2.05) is 0 Å². The van der Waals surface area contributed by atoms with Crippen LogP contribution < -0.4 is 10.6 Å². The molecule has 1 aliphatic rings. The van der Waals surface area contributed by atoms with Gasteiger partial charge in [-0.25, -0.2) is 0 Å². The molecule has 7 nitrogen and oxygen atoms in total. The number of nitrogens with zero attached hydrogens (tertiary/aromatic N) is 1. The fourth-order valence-electron chi connectivity index (χ4n) is 3.25. The highest BCUT2D eigenvalue weighted by Crippen LogP contribution is 2.40. The molecule has 164 valence electrons. The van der Waals surface area contributed by atoms with Gasteiger partial charge in [0.15, 0.2) is 0 Å². The molecule has 0 spiro atoms. The van der Waals surface area contributed by atoms with Gasteiger partial charge in [0.05, 0.1) is 29.5 Å². The maximum Gasteiger partial charge on any atom is 0.319 e. The number of anilines is 1. The Hall–Kier alpha value is -2.61. The molecule has 0 aromatic heterocycles. The van der Waals surface area contributed by atoms with Gasteiger partial charge in [0.1, 0.15) is 5.92 Å². The standard InChI is InChI=1S/C22H17Br2N3O4S/c1-31-22(30)19-18(12-3-2-4-14(24)9-12)16(10-25)21(27-20(19)29)32-11-17(28)26-15-7-5-13(23)6-8-15/h2-9,18-19H,11H2,1H3,(H,26,28)(H,27,29)/t18-,19-/m1/s1. The lowest BCUT2D eigenvalue weighted by atomic mass is 9.78. The van der Waals surface area contributed by atoms with E-state index in [9.17, 15) is 19.6 Å². The second kappa shape index (κ2) is 10.8. The number of hydrogen-bond acceptors (Lipinski definition) is 6. The van der Waals surface area contributed by atoms with E-state index in [2.05, 4.69) is 48.6 Å². The van der Waals surface area contributed by atoms with Crippen LogP contribution in [-0.4, -0.2) is 30.6 Å². The number of ether oxygens (including phenoxy) is 1. The molecule has 0 saturated heterocycles. The average Bonchev–Trinajstić information content (AvgIpc) is 2.78. The molecular formula is C22H17Br2N3O4S. The molecule has 1 heterocycles. The Morgan fingerprint density at radius 1 is 1.19 bits per heavy atom. The average molecular weight is 579 g/mol. The minimum absolute atomic E-state index is 0.0368. The first-order valence-corrected chi connectivity index (χ1v) is 11.9. The molecule has 0 aliphatic carbocycles. The first-order valence-electron chi connectivity index (χ1n) is 9.30. The van der Waals surface area contributed by atoms with Crippen molar-refractivity contribution in [3.8, 4) is 6.07 Å². The summed E-state index contributed by atoms with van der Waals surface area (Å²) in [5.41, 5.74) is 1.43. The molecule has 2 amide bonds.